The molecule has 166 valence electrons. The zero-order valence-electron chi connectivity index (χ0n) is 18.3. The summed E-state index contributed by atoms with van der Waals surface area (Å²) >= 11 is 3.48. The van der Waals surface area contributed by atoms with Gasteiger partial charge < -0.3 is 0 Å². The van der Waals surface area contributed by atoms with Crippen LogP contribution in [-0.2, 0) is 6.54 Å². The quantitative estimate of drug-likeness (QED) is 0.181. The smallest absolute Gasteiger partial charge is 0.266 e. The van der Waals surface area contributed by atoms with Gasteiger partial charge >= 0.3 is 0 Å². The van der Waals surface area contributed by atoms with Gasteiger partial charge in [-0.05, 0) is 31.0 Å². The molecule has 0 radical (unpaired) electrons. The summed E-state index contributed by atoms with van der Waals surface area (Å²) in [6.07, 6.45) is 10.3. The van der Waals surface area contributed by atoms with E-state index in [1.165, 1.54) is 32.1 Å². The number of hydrogen-bond donors (Lipinski definition) is 0. The molecule has 0 spiro atoms. The highest BCUT2D eigenvalue weighted by Crippen LogP contribution is 2.33. The molecule has 0 aliphatic carbocycles. The first-order chi connectivity index (χ1) is 15.8. The number of aryl methyl sites for hydroxylation is 1. The molecule has 0 saturated carbocycles. The standard InChI is InChI=1S/C26H29BrN4O/c27-18-10-4-2-1-3-5-11-20-31-24(32)17-16-22(28-31)25-23-15-9-12-19-30(23)29-26(25)21-13-7-6-8-14-21/h6-9,12-17,19H,1-5,10-11,18,20H2. The van der Waals surface area contributed by atoms with E-state index in [9.17, 15) is 4.79 Å². The van der Waals surface area contributed by atoms with Gasteiger partial charge in [0.1, 0.15) is 5.69 Å². The number of rotatable bonds is 11. The third-order valence-corrected chi connectivity index (χ3v) is 6.27. The Labute approximate surface area is 197 Å². The molecule has 0 N–H and O–H groups in total. The minimum absolute atomic E-state index is 0.0520. The van der Waals surface area contributed by atoms with E-state index in [1.54, 1.807) is 10.7 Å². The summed E-state index contributed by atoms with van der Waals surface area (Å²) in [5.74, 6) is 0. The van der Waals surface area contributed by atoms with Crippen LogP contribution in [-0.4, -0.2) is 24.7 Å². The van der Waals surface area contributed by atoms with Crippen molar-refractivity contribution < 1.29 is 0 Å². The molecule has 4 aromatic rings. The van der Waals surface area contributed by atoms with Crippen LogP contribution in [0.15, 0.2) is 71.7 Å². The van der Waals surface area contributed by atoms with Gasteiger partial charge in [-0.25, -0.2) is 9.20 Å². The third-order valence-electron chi connectivity index (χ3n) is 5.71. The topological polar surface area (TPSA) is 52.2 Å². The molecule has 3 heterocycles. The number of nitrogens with zero attached hydrogens (tertiary/aromatic N) is 4. The molecule has 0 saturated heterocycles. The second kappa shape index (κ2) is 11.2. The second-order valence-electron chi connectivity index (χ2n) is 8.06. The molecular formula is C26H29BrN4O. The number of unbranched alkanes of at least 4 members (excludes halogenated alkanes) is 6. The highest BCUT2D eigenvalue weighted by molar-refractivity contribution is 9.09. The Kier molecular flexibility index (Phi) is 7.88. The maximum atomic E-state index is 12.5. The molecule has 4 rings (SSSR count). The summed E-state index contributed by atoms with van der Waals surface area (Å²) < 4.78 is 3.49. The molecule has 0 atom stereocenters. The van der Waals surface area contributed by atoms with E-state index in [-0.39, 0.29) is 5.56 Å². The minimum Gasteiger partial charge on any atom is -0.268 e. The molecule has 0 aliphatic rings. The lowest BCUT2D eigenvalue weighted by molar-refractivity contribution is 0.508. The van der Waals surface area contributed by atoms with Gasteiger partial charge in [0.25, 0.3) is 5.56 Å². The molecule has 0 bridgehead atoms. The summed E-state index contributed by atoms with van der Waals surface area (Å²) in [5, 5.41) is 10.7. The Bertz CT molecular complexity index is 1200. The van der Waals surface area contributed by atoms with E-state index in [4.69, 9.17) is 10.2 Å². The first-order valence-electron chi connectivity index (χ1n) is 11.5. The lowest BCUT2D eigenvalue weighted by Crippen LogP contribution is -2.22. The van der Waals surface area contributed by atoms with Gasteiger partial charge in [-0.2, -0.15) is 10.2 Å². The Morgan fingerprint density at radius 1 is 0.750 bits per heavy atom. The Balaban J connectivity index is 1.55. The van der Waals surface area contributed by atoms with Gasteiger partial charge in [0.2, 0.25) is 0 Å². The van der Waals surface area contributed by atoms with Crippen molar-refractivity contribution in [3.8, 4) is 22.5 Å². The predicted molar refractivity (Wildman–Crippen MR) is 134 cm³/mol. The molecule has 6 heteroatoms. The van der Waals surface area contributed by atoms with Gasteiger partial charge in [-0.1, -0.05) is 84.4 Å². The molecule has 0 fully saturated rings. The Morgan fingerprint density at radius 2 is 1.47 bits per heavy atom. The average molecular weight is 493 g/mol. The van der Waals surface area contributed by atoms with E-state index < -0.39 is 0 Å². The summed E-state index contributed by atoms with van der Waals surface area (Å²) in [4.78, 5) is 12.5. The van der Waals surface area contributed by atoms with Crippen molar-refractivity contribution in [2.45, 2.75) is 51.5 Å². The van der Waals surface area contributed by atoms with Gasteiger partial charge in [0, 0.05) is 29.7 Å². The molecule has 3 aromatic heterocycles. The van der Waals surface area contributed by atoms with E-state index >= 15 is 0 Å². The predicted octanol–water partition coefficient (Wildman–Crippen LogP) is 6.35. The highest BCUT2D eigenvalue weighted by Gasteiger charge is 2.18. The lowest BCUT2D eigenvalue weighted by atomic mass is 10.0. The number of fused-ring (bicyclic) bond motifs is 1. The zero-order valence-corrected chi connectivity index (χ0v) is 19.9. The van der Waals surface area contributed by atoms with Crippen LogP contribution in [0.4, 0.5) is 0 Å². The fraction of sp³-hybridized carbons (Fsp3) is 0.346. The first kappa shape index (κ1) is 22.5. The third kappa shape index (κ3) is 5.36. The SMILES string of the molecule is O=c1ccc(-c2c(-c3ccccc3)nn3ccccc23)nn1CCCCCCCCCBr. The fourth-order valence-corrected chi connectivity index (χ4v) is 4.43. The molecular weight excluding hydrogens is 464 g/mol. The van der Waals surface area contributed by atoms with Crippen molar-refractivity contribution >= 4 is 21.4 Å². The van der Waals surface area contributed by atoms with Gasteiger partial charge in [0.05, 0.1) is 16.8 Å². The van der Waals surface area contributed by atoms with Crippen molar-refractivity contribution in [3.63, 3.8) is 0 Å². The van der Waals surface area contributed by atoms with Crippen molar-refractivity contribution in [2.75, 3.05) is 5.33 Å². The van der Waals surface area contributed by atoms with E-state index in [2.05, 4.69) is 28.1 Å². The maximum absolute atomic E-state index is 12.5. The van der Waals surface area contributed by atoms with Crippen molar-refractivity contribution in [1.82, 2.24) is 19.4 Å². The van der Waals surface area contributed by atoms with Crippen LogP contribution >= 0.6 is 15.9 Å². The van der Waals surface area contributed by atoms with Crippen molar-refractivity contribution in [2.24, 2.45) is 0 Å². The summed E-state index contributed by atoms with van der Waals surface area (Å²) in [6, 6.07) is 19.6. The van der Waals surface area contributed by atoms with Crippen LogP contribution in [0.5, 0.6) is 0 Å². The molecule has 0 amide bonds. The van der Waals surface area contributed by atoms with Crippen LogP contribution in [0.2, 0.25) is 0 Å². The molecule has 1 aromatic carbocycles. The van der Waals surface area contributed by atoms with Crippen LogP contribution in [0.3, 0.4) is 0 Å². The highest BCUT2D eigenvalue weighted by atomic mass is 79.9. The van der Waals surface area contributed by atoms with E-state index in [1.807, 2.05) is 53.2 Å². The number of halogens is 1. The van der Waals surface area contributed by atoms with Crippen molar-refractivity contribution in [3.05, 3.63) is 77.2 Å². The molecule has 5 nitrogen and oxygen atoms in total. The molecule has 32 heavy (non-hydrogen) atoms. The van der Waals surface area contributed by atoms with Crippen LogP contribution < -0.4 is 5.56 Å². The van der Waals surface area contributed by atoms with Gasteiger partial charge in [-0.3, -0.25) is 4.79 Å². The lowest BCUT2D eigenvalue weighted by Gasteiger charge is -2.08. The van der Waals surface area contributed by atoms with Crippen LogP contribution in [0, 0.1) is 0 Å². The summed E-state index contributed by atoms with van der Waals surface area (Å²) in [7, 11) is 0. The van der Waals surface area contributed by atoms with Crippen molar-refractivity contribution in [1.29, 1.82) is 0 Å². The summed E-state index contributed by atoms with van der Waals surface area (Å²) in [6.45, 7) is 0.647. The van der Waals surface area contributed by atoms with E-state index in [0.29, 0.717) is 6.54 Å². The monoisotopic (exact) mass is 492 g/mol. The number of hydrogen-bond acceptors (Lipinski definition) is 3. The average Bonchev–Trinajstić information content (AvgIpc) is 3.22. The first-order valence-corrected chi connectivity index (χ1v) is 12.6. The van der Waals surface area contributed by atoms with Gasteiger partial charge in [0.15, 0.2) is 0 Å². The normalized spacial score (nSPS) is 11.3. The van der Waals surface area contributed by atoms with Crippen LogP contribution in [0.1, 0.15) is 44.9 Å². The number of aromatic nitrogens is 4. The molecule has 0 unspecified atom stereocenters. The molecule has 0 aliphatic heterocycles. The Morgan fingerprint density at radius 3 is 2.25 bits per heavy atom. The minimum atomic E-state index is -0.0520. The maximum Gasteiger partial charge on any atom is 0.266 e. The number of alkyl halides is 1. The number of pyridine rings is 1. The Hall–Kier alpha value is -2.73. The zero-order chi connectivity index (χ0) is 22.2. The van der Waals surface area contributed by atoms with E-state index in [0.717, 1.165) is 46.2 Å². The fourth-order valence-electron chi connectivity index (χ4n) is 4.03. The largest absolute Gasteiger partial charge is 0.268 e. The van der Waals surface area contributed by atoms with Gasteiger partial charge in [-0.15, -0.1) is 0 Å². The van der Waals surface area contributed by atoms with Crippen LogP contribution in [0.25, 0.3) is 28.0 Å². The number of benzene rings is 1. The second-order valence-corrected chi connectivity index (χ2v) is 8.86. The summed E-state index contributed by atoms with van der Waals surface area (Å²) in [5.41, 5.74) is 4.57.